The first kappa shape index (κ1) is 30.9. The zero-order valence-corrected chi connectivity index (χ0v) is 26.6. The molecular formula is C35H43ClN2O6. The summed E-state index contributed by atoms with van der Waals surface area (Å²) in [4.78, 5) is 29.8. The SMILES string of the molecule is CO[C@H]1/C=C\[C@H](C)CN(C)C(=O)C[C@](O)(C(=O)O)c2ccc3c(c2)N(C[C@@H]2CC[C@H]21)C[C@@]1(CCCc2cc(Cl)ccc21)CO3. The van der Waals surface area contributed by atoms with Crippen molar-refractivity contribution in [2.45, 2.75) is 62.6 Å². The molecule has 6 rings (SSSR count). The number of aliphatic hydroxyl groups is 1. The molecule has 2 heterocycles. The summed E-state index contributed by atoms with van der Waals surface area (Å²) in [5.41, 5.74) is 0.746. The molecule has 4 aliphatic rings. The Morgan fingerprint density at radius 2 is 1.95 bits per heavy atom. The van der Waals surface area contributed by atoms with Crippen LogP contribution >= 0.6 is 11.6 Å². The second-order valence-corrected chi connectivity index (χ2v) is 13.9. The number of carboxylic acids is 1. The molecule has 8 nitrogen and oxygen atoms in total. The zero-order chi connectivity index (χ0) is 31.2. The average Bonchev–Trinajstić information content (AvgIpc) is 3.13. The molecule has 1 fully saturated rings. The van der Waals surface area contributed by atoms with Crippen LogP contribution in [0, 0.1) is 17.8 Å². The van der Waals surface area contributed by atoms with Crippen LogP contribution in [0.2, 0.25) is 5.02 Å². The number of carboxylic acid groups (broad SMARTS) is 1. The number of carbonyl (C=O) groups excluding carboxylic acids is 1. The Morgan fingerprint density at radius 3 is 2.68 bits per heavy atom. The third-order valence-corrected chi connectivity index (χ3v) is 10.8. The molecule has 2 aliphatic heterocycles. The van der Waals surface area contributed by atoms with E-state index < -0.39 is 23.9 Å². The molecule has 2 aliphatic carbocycles. The molecule has 0 unspecified atom stereocenters. The molecule has 1 saturated carbocycles. The average molecular weight is 623 g/mol. The zero-order valence-electron chi connectivity index (χ0n) is 25.8. The van der Waals surface area contributed by atoms with Gasteiger partial charge in [0.2, 0.25) is 5.91 Å². The Kier molecular flexibility index (Phi) is 8.46. The topological polar surface area (TPSA) is 99.5 Å². The number of rotatable bonds is 2. The minimum absolute atomic E-state index is 0.0272. The second kappa shape index (κ2) is 12.0. The monoisotopic (exact) mass is 622 g/mol. The summed E-state index contributed by atoms with van der Waals surface area (Å²) in [6.45, 7) is 4.32. The van der Waals surface area contributed by atoms with Crippen molar-refractivity contribution < 1.29 is 29.3 Å². The van der Waals surface area contributed by atoms with E-state index in [1.165, 1.54) is 16.0 Å². The van der Waals surface area contributed by atoms with Gasteiger partial charge in [-0.05, 0) is 90.8 Å². The first-order chi connectivity index (χ1) is 21.0. The maximum atomic E-state index is 13.3. The van der Waals surface area contributed by atoms with Crippen molar-refractivity contribution >= 4 is 29.2 Å². The lowest BCUT2D eigenvalue weighted by molar-refractivity contribution is -0.164. The smallest absolute Gasteiger partial charge is 0.340 e. The number of halogens is 1. The summed E-state index contributed by atoms with van der Waals surface area (Å²) >= 11 is 6.41. The van der Waals surface area contributed by atoms with Crippen molar-refractivity contribution in [3.63, 3.8) is 0 Å². The molecule has 2 aromatic rings. The van der Waals surface area contributed by atoms with Gasteiger partial charge in [-0.25, -0.2) is 4.79 Å². The van der Waals surface area contributed by atoms with Gasteiger partial charge in [0.15, 0.2) is 5.60 Å². The molecule has 44 heavy (non-hydrogen) atoms. The number of anilines is 1. The van der Waals surface area contributed by atoms with Crippen molar-refractivity contribution in [1.29, 1.82) is 0 Å². The van der Waals surface area contributed by atoms with Crippen LogP contribution in [0.15, 0.2) is 48.6 Å². The molecule has 0 radical (unpaired) electrons. The minimum Gasteiger partial charge on any atom is -0.490 e. The van der Waals surface area contributed by atoms with Crippen LogP contribution in [-0.4, -0.2) is 73.5 Å². The Hall–Kier alpha value is -3.07. The highest BCUT2D eigenvalue weighted by Crippen LogP contribution is 2.47. The Bertz CT molecular complexity index is 1460. The van der Waals surface area contributed by atoms with E-state index in [1.54, 1.807) is 32.4 Å². The number of hydrogen-bond donors (Lipinski definition) is 2. The van der Waals surface area contributed by atoms with Crippen molar-refractivity contribution in [2.75, 3.05) is 45.3 Å². The molecule has 2 aromatic carbocycles. The summed E-state index contributed by atoms with van der Waals surface area (Å²) < 4.78 is 12.6. The van der Waals surface area contributed by atoms with Crippen LogP contribution in [0.5, 0.6) is 5.75 Å². The van der Waals surface area contributed by atoms with Crippen LogP contribution < -0.4 is 9.64 Å². The second-order valence-electron chi connectivity index (χ2n) is 13.5. The number of benzene rings is 2. The number of fused-ring (bicyclic) bond motifs is 4. The van der Waals surface area contributed by atoms with E-state index >= 15 is 0 Å². The number of hydrogen-bond acceptors (Lipinski definition) is 6. The van der Waals surface area contributed by atoms with Gasteiger partial charge in [0.05, 0.1) is 24.8 Å². The number of methoxy groups -OCH3 is 1. The van der Waals surface area contributed by atoms with Crippen LogP contribution in [-0.2, 0) is 31.8 Å². The highest BCUT2D eigenvalue weighted by Gasteiger charge is 2.46. The lowest BCUT2D eigenvalue weighted by Gasteiger charge is -2.46. The molecule has 2 bridgehead atoms. The van der Waals surface area contributed by atoms with Gasteiger partial charge in [0.1, 0.15) is 5.75 Å². The fraction of sp³-hybridized carbons (Fsp3) is 0.543. The normalized spacial score (nSPS) is 33.0. The van der Waals surface area contributed by atoms with Crippen LogP contribution in [0.4, 0.5) is 5.69 Å². The molecule has 0 aromatic heterocycles. The van der Waals surface area contributed by atoms with Crippen molar-refractivity contribution in [1.82, 2.24) is 4.90 Å². The molecule has 2 N–H and O–H groups in total. The van der Waals surface area contributed by atoms with Gasteiger partial charge >= 0.3 is 5.97 Å². The molecular weight excluding hydrogens is 580 g/mol. The standard InChI is InChI=1S/C35H43ClN2O6/c1-22-6-12-30(43-3)27-10-7-24(27)19-38-20-34(14-4-5-23-15-26(36)9-11-28(23)34)21-44-31-13-8-25(16-29(31)38)35(42,33(40)41)17-32(39)37(2)18-22/h6,8-9,11-13,15-16,22,24,27,30,42H,4-5,7,10,14,17-21H2,1-3H3,(H,40,41)/b12-6-/t22-,24-,27+,30-,34-,35+/m0/s1. The first-order valence-electron chi connectivity index (χ1n) is 15.7. The maximum Gasteiger partial charge on any atom is 0.340 e. The third-order valence-electron chi connectivity index (χ3n) is 10.5. The van der Waals surface area contributed by atoms with Gasteiger partial charge < -0.3 is 29.5 Å². The summed E-state index contributed by atoms with van der Waals surface area (Å²) in [5, 5.41) is 22.7. The predicted molar refractivity (Wildman–Crippen MR) is 169 cm³/mol. The van der Waals surface area contributed by atoms with E-state index in [2.05, 4.69) is 29.2 Å². The minimum atomic E-state index is -2.39. The van der Waals surface area contributed by atoms with Gasteiger partial charge in [-0.3, -0.25) is 4.79 Å². The fourth-order valence-electron chi connectivity index (χ4n) is 7.85. The molecule has 0 saturated heterocycles. The number of nitrogens with zero attached hydrogens (tertiary/aromatic N) is 2. The number of aryl methyl sites for hydroxylation is 1. The van der Waals surface area contributed by atoms with Crippen molar-refractivity contribution in [3.8, 4) is 5.75 Å². The van der Waals surface area contributed by atoms with Crippen molar-refractivity contribution in [3.05, 3.63) is 70.3 Å². The van der Waals surface area contributed by atoms with Crippen LogP contribution in [0.25, 0.3) is 0 Å². The predicted octanol–water partition coefficient (Wildman–Crippen LogP) is 5.18. The van der Waals surface area contributed by atoms with Gasteiger partial charge in [0.25, 0.3) is 0 Å². The van der Waals surface area contributed by atoms with Gasteiger partial charge in [0, 0.05) is 44.2 Å². The quantitative estimate of drug-likeness (QED) is 0.445. The summed E-state index contributed by atoms with van der Waals surface area (Å²) in [6, 6.07) is 11.3. The fourth-order valence-corrected chi connectivity index (χ4v) is 8.05. The molecule has 1 amide bonds. The van der Waals surface area contributed by atoms with Crippen molar-refractivity contribution in [2.24, 2.45) is 17.8 Å². The Labute approximate surface area is 264 Å². The Balaban J connectivity index is 1.47. The molecule has 236 valence electrons. The van der Waals surface area contributed by atoms with E-state index in [-0.39, 0.29) is 23.0 Å². The first-order valence-corrected chi connectivity index (χ1v) is 16.1. The molecule has 1 spiro atoms. The van der Waals surface area contributed by atoms with Gasteiger partial charge in [-0.1, -0.05) is 42.8 Å². The van der Waals surface area contributed by atoms with E-state index in [0.29, 0.717) is 37.3 Å². The lowest BCUT2D eigenvalue weighted by Crippen LogP contribution is -2.49. The number of carbonyl (C=O) groups is 2. The Morgan fingerprint density at radius 1 is 1.14 bits per heavy atom. The number of ether oxygens (including phenoxy) is 2. The lowest BCUT2D eigenvalue weighted by atomic mass is 9.68. The molecule has 9 heteroatoms. The highest BCUT2D eigenvalue weighted by molar-refractivity contribution is 6.30. The van der Waals surface area contributed by atoms with Crippen LogP contribution in [0.1, 0.15) is 55.7 Å². The maximum absolute atomic E-state index is 13.3. The third kappa shape index (κ3) is 5.61. The van der Waals surface area contributed by atoms with Gasteiger partial charge in [-0.15, -0.1) is 0 Å². The molecule has 6 atom stereocenters. The van der Waals surface area contributed by atoms with E-state index in [4.69, 9.17) is 21.1 Å². The summed E-state index contributed by atoms with van der Waals surface area (Å²) in [6.07, 6.45) is 8.66. The van der Waals surface area contributed by atoms with Gasteiger partial charge in [-0.2, -0.15) is 0 Å². The highest BCUT2D eigenvalue weighted by atomic mass is 35.5. The summed E-state index contributed by atoms with van der Waals surface area (Å²) in [5.74, 6) is -0.530. The summed E-state index contributed by atoms with van der Waals surface area (Å²) in [7, 11) is 3.41. The number of aliphatic carboxylic acids is 1. The van der Waals surface area contributed by atoms with Crippen LogP contribution in [0.3, 0.4) is 0 Å². The van der Waals surface area contributed by atoms with E-state index in [9.17, 15) is 19.8 Å². The van der Waals surface area contributed by atoms with E-state index in [1.807, 2.05) is 13.0 Å². The van der Waals surface area contributed by atoms with E-state index in [0.717, 1.165) is 49.4 Å². The largest absolute Gasteiger partial charge is 0.490 e. The number of amides is 1.